The normalized spacial score (nSPS) is 16.1. The molecule has 124 valence electrons. The number of benzene rings is 1. The first kappa shape index (κ1) is 17.7. The molecule has 1 aliphatic rings. The Bertz CT molecular complexity index is 811. The maximum Gasteiger partial charge on any atom is 0.243 e. The standard InChI is InChI=1S/C15H16ClNO5S/c1-17(2)23(21,22)13-8-9(16)6-7-10(13)15(20)14-11(18)4-3-5-12(14)19/h6-8,18H,3-5H2,1-2H3. The molecular formula is C15H16ClNO5S. The first-order valence-corrected chi connectivity index (χ1v) is 8.70. The van der Waals surface area contributed by atoms with E-state index in [9.17, 15) is 23.1 Å². The van der Waals surface area contributed by atoms with Gasteiger partial charge in [0.25, 0.3) is 0 Å². The third-order valence-electron chi connectivity index (χ3n) is 3.56. The molecule has 1 aliphatic carbocycles. The Kier molecular flexibility index (Phi) is 4.93. The number of sulfonamides is 1. The van der Waals surface area contributed by atoms with Crippen molar-refractivity contribution in [3.05, 3.63) is 40.1 Å². The van der Waals surface area contributed by atoms with Crippen molar-refractivity contribution in [1.29, 1.82) is 0 Å². The van der Waals surface area contributed by atoms with Crippen LogP contribution in [0.25, 0.3) is 0 Å². The molecule has 0 fully saturated rings. The predicted molar refractivity (Wildman–Crippen MR) is 85.2 cm³/mol. The molecule has 0 saturated carbocycles. The van der Waals surface area contributed by atoms with Crippen LogP contribution in [0.2, 0.25) is 5.02 Å². The number of carbonyl (C=O) groups excluding carboxylic acids is 2. The molecule has 0 heterocycles. The van der Waals surface area contributed by atoms with Gasteiger partial charge in [-0.15, -0.1) is 0 Å². The summed E-state index contributed by atoms with van der Waals surface area (Å²) < 4.78 is 25.8. The zero-order valence-corrected chi connectivity index (χ0v) is 14.2. The molecule has 0 bridgehead atoms. The summed E-state index contributed by atoms with van der Waals surface area (Å²) in [6.07, 6.45) is 0.829. The minimum Gasteiger partial charge on any atom is -0.511 e. The number of aliphatic hydroxyl groups excluding tert-OH is 1. The molecule has 8 heteroatoms. The quantitative estimate of drug-likeness (QED) is 0.659. The van der Waals surface area contributed by atoms with Crippen LogP contribution in [0.1, 0.15) is 29.6 Å². The van der Waals surface area contributed by atoms with Gasteiger partial charge in [-0.25, -0.2) is 12.7 Å². The van der Waals surface area contributed by atoms with Crippen molar-refractivity contribution in [3.8, 4) is 0 Å². The number of hydrogen-bond donors (Lipinski definition) is 1. The Hall–Kier alpha value is -1.70. The molecule has 1 aromatic carbocycles. The largest absolute Gasteiger partial charge is 0.511 e. The Labute approximate surface area is 139 Å². The van der Waals surface area contributed by atoms with Crippen LogP contribution in [0, 0.1) is 0 Å². The highest BCUT2D eigenvalue weighted by Gasteiger charge is 2.32. The lowest BCUT2D eigenvalue weighted by atomic mass is 9.90. The Morgan fingerprint density at radius 1 is 1.26 bits per heavy atom. The number of ketones is 2. The Balaban J connectivity index is 2.65. The summed E-state index contributed by atoms with van der Waals surface area (Å²) >= 11 is 5.85. The molecule has 0 spiro atoms. The summed E-state index contributed by atoms with van der Waals surface area (Å²) in [5.41, 5.74) is -0.520. The lowest BCUT2D eigenvalue weighted by molar-refractivity contribution is -0.116. The second-order valence-corrected chi connectivity index (χ2v) is 7.91. The lowest BCUT2D eigenvalue weighted by Gasteiger charge is -2.18. The predicted octanol–water partition coefficient (Wildman–Crippen LogP) is 2.34. The highest BCUT2D eigenvalue weighted by Crippen LogP contribution is 2.29. The second kappa shape index (κ2) is 6.43. The topological polar surface area (TPSA) is 91.8 Å². The van der Waals surface area contributed by atoms with Gasteiger partial charge in [0.15, 0.2) is 5.78 Å². The summed E-state index contributed by atoms with van der Waals surface area (Å²) in [5.74, 6) is -1.58. The summed E-state index contributed by atoms with van der Waals surface area (Å²) in [6, 6.07) is 3.78. The van der Waals surface area contributed by atoms with Crippen molar-refractivity contribution in [1.82, 2.24) is 4.31 Å². The van der Waals surface area contributed by atoms with Crippen LogP contribution >= 0.6 is 11.6 Å². The molecule has 1 aromatic rings. The molecule has 0 atom stereocenters. The number of Topliss-reactive ketones (excluding diaryl/α,β-unsaturated/α-hetero) is 2. The number of aliphatic hydroxyl groups is 1. The maximum atomic E-state index is 12.7. The molecular weight excluding hydrogens is 342 g/mol. The van der Waals surface area contributed by atoms with Gasteiger partial charge in [-0.05, 0) is 24.6 Å². The van der Waals surface area contributed by atoms with Crippen molar-refractivity contribution in [2.24, 2.45) is 0 Å². The van der Waals surface area contributed by atoms with Gasteiger partial charge in [0, 0.05) is 37.5 Å². The third-order valence-corrected chi connectivity index (χ3v) is 5.65. The first-order valence-electron chi connectivity index (χ1n) is 6.88. The van der Waals surface area contributed by atoms with E-state index in [0.717, 1.165) is 10.4 Å². The number of hydrogen-bond acceptors (Lipinski definition) is 5. The fourth-order valence-corrected chi connectivity index (χ4v) is 3.66. The zero-order valence-electron chi connectivity index (χ0n) is 12.7. The average molecular weight is 358 g/mol. The molecule has 6 nitrogen and oxygen atoms in total. The minimum absolute atomic E-state index is 0.147. The minimum atomic E-state index is -3.94. The summed E-state index contributed by atoms with van der Waals surface area (Å²) in [6.45, 7) is 0. The van der Waals surface area contributed by atoms with Crippen LogP contribution in [-0.2, 0) is 14.8 Å². The van der Waals surface area contributed by atoms with Crippen LogP contribution in [0.4, 0.5) is 0 Å². The van der Waals surface area contributed by atoms with Crippen LogP contribution in [0.3, 0.4) is 0 Å². The van der Waals surface area contributed by atoms with Crippen LogP contribution in [0.15, 0.2) is 34.4 Å². The summed E-state index contributed by atoms with van der Waals surface area (Å²) in [7, 11) is -1.28. The van der Waals surface area contributed by atoms with Gasteiger partial charge in [-0.2, -0.15) is 0 Å². The van der Waals surface area contributed by atoms with Crippen LogP contribution in [0.5, 0.6) is 0 Å². The van der Waals surface area contributed by atoms with E-state index >= 15 is 0 Å². The van der Waals surface area contributed by atoms with E-state index in [2.05, 4.69) is 0 Å². The van der Waals surface area contributed by atoms with Gasteiger partial charge in [0.1, 0.15) is 11.3 Å². The van der Waals surface area contributed by atoms with Gasteiger partial charge in [0.2, 0.25) is 15.8 Å². The molecule has 0 aliphatic heterocycles. The smallest absolute Gasteiger partial charge is 0.243 e. The van der Waals surface area contributed by atoms with E-state index in [-0.39, 0.29) is 39.7 Å². The van der Waals surface area contributed by atoms with E-state index in [1.807, 2.05) is 0 Å². The Morgan fingerprint density at radius 2 is 1.91 bits per heavy atom. The third kappa shape index (κ3) is 3.31. The maximum absolute atomic E-state index is 12.7. The highest BCUT2D eigenvalue weighted by molar-refractivity contribution is 7.89. The summed E-state index contributed by atoms with van der Waals surface area (Å²) in [4.78, 5) is 24.3. The van der Waals surface area contributed by atoms with E-state index in [4.69, 9.17) is 11.6 Å². The van der Waals surface area contributed by atoms with Crippen LogP contribution < -0.4 is 0 Å². The molecule has 23 heavy (non-hydrogen) atoms. The molecule has 0 amide bonds. The number of halogens is 1. The molecule has 0 radical (unpaired) electrons. The number of carbonyl (C=O) groups is 2. The van der Waals surface area contributed by atoms with Crippen LogP contribution in [-0.4, -0.2) is 43.5 Å². The van der Waals surface area contributed by atoms with E-state index in [0.29, 0.717) is 6.42 Å². The molecule has 0 saturated heterocycles. The number of allylic oxidation sites excluding steroid dienone is 2. The molecule has 2 rings (SSSR count). The average Bonchev–Trinajstić information content (AvgIpc) is 2.46. The lowest BCUT2D eigenvalue weighted by Crippen LogP contribution is -2.26. The number of rotatable bonds is 4. The second-order valence-electron chi connectivity index (χ2n) is 5.36. The van der Waals surface area contributed by atoms with E-state index in [1.54, 1.807) is 0 Å². The van der Waals surface area contributed by atoms with E-state index in [1.165, 1.54) is 26.2 Å². The van der Waals surface area contributed by atoms with Crippen molar-refractivity contribution < 1.29 is 23.1 Å². The van der Waals surface area contributed by atoms with Gasteiger partial charge in [-0.1, -0.05) is 11.6 Å². The van der Waals surface area contributed by atoms with Crippen molar-refractivity contribution >= 4 is 33.2 Å². The van der Waals surface area contributed by atoms with Crippen molar-refractivity contribution in [2.75, 3.05) is 14.1 Å². The summed E-state index contributed by atoms with van der Waals surface area (Å²) in [5, 5.41) is 10.0. The van der Waals surface area contributed by atoms with E-state index < -0.39 is 21.6 Å². The molecule has 0 unspecified atom stereocenters. The fraction of sp³-hybridized carbons (Fsp3) is 0.333. The van der Waals surface area contributed by atoms with Crippen molar-refractivity contribution in [3.63, 3.8) is 0 Å². The zero-order chi connectivity index (χ0) is 17.4. The fourth-order valence-electron chi connectivity index (χ4n) is 2.31. The Morgan fingerprint density at radius 3 is 2.48 bits per heavy atom. The number of nitrogens with zero attached hydrogens (tertiary/aromatic N) is 1. The highest BCUT2D eigenvalue weighted by atomic mass is 35.5. The first-order chi connectivity index (χ1) is 10.7. The SMILES string of the molecule is CN(C)S(=O)(=O)c1cc(Cl)ccc1C(=O)C1=C(O)CCCC1=O. The van der Waals surface area contributed by atoms with Gasteiger partial charge in [0.05, 0.1) is 4.90 Å². The van der Waals surface area contributed by atoms with Gasteiger partial charge >= 0.3 is 0 Å². The monoisotopic (exact) mass is 357 g/mol. The van der Waals surface area contributed by atoms with Gasteiger partial charge in [-0.3, -0.25) is 9.59 Å². The molecule has 1 N–H and O–H groups in total. The molecule has 0 aromatic heterocycles. The van der Waals surface area contributed by atoms with Crippen molar-refractivity contribution in [2.45, 2.75) is 24.2 Å². The van der Waals surface area contributed by atoms with Gasteiger partial charge < -0.3 is 5.11 Å².